The van der Waals surface area contributed by atoms with Crippen molar-refractivity contribution in [3.8, 4) is 0 Å². The van der Waals surface area contributed by atoms with Gasteiger partial charge in [-0.05, 0) is 25.6 Å². The number of rotatable bonds is 6. The highest BCUT2D eigenvalue weighted by Gasteiger charge is 2.27. The molecule has 0 aliphatic rings. The molecule has 3 amide bonds. The van der Waals surface area contributed by atoms with Gasteiger partial charge in [-0.25, -0.2) is 9.18 Å². The Morgan fingerprint density at radius 1 is 1.08 bits per heavy atom. The molecular weight excluding hydrogens is 321 g/mol. The van der Waals surface area contributed by atoms with Crippen molar-refractivity contribution < 1.29 is 14.0 Å². The van der Waals surface area contributed by atoms with Crippen molar-refractivity contribution in [2.24, 2.45) is 0 Å². The molecule has 6 heteroatoms. The third-order valence-electron chi connectivity index (χ3n) is 3.76. The average molecular weight is 343 g/mol. The van der Waals surface area contributed by atoms with Crippen LogP contribution in [0.2, 0.25) is 0 Å². The molecule has 2 N–H and O–H groups in total. The Balaban J connectivity index is 2.23. The lowest BCUT2D eigenvalue weighted by molar-refractivity contribution is -0.125. The van der Waals surface area contributed by atoms with Gasteiger partial charge < -0.3 is 5.32 Å². The fraction of sp³-hybridized carbons (Fsp3) is 0.263. The Morgan fingerprint density at radius 3 is 2.36 bits per heavy atom. The molecule has 0 unspecified atom stereocenters. The highest BCUT2D eigenvalue weighted by Crippen LogP contribution is 2.22. The number of amides is 3. The lowest BCUT2D eigenvalue weighted by Crippen LogP contribution is -2.45. The molecule has 0 radical (unpaired) electrons. The number of imide groups is 1. The number of hydrogen-bond donors (Lipinski definition) is 2. The molecule has 25 heavy (non-hydrogen) atoms. The van der Waals surface area contributed by atoms with Gasteiger partial charge in [0.05, 0.1) is 0 Å². The van der Waals surface area contributed by atoms with Gasteiger partial charge in [-0.15, -0.1) is 0 Å². The molecule has 1 atom stereocenters. The number of halogens is 1. The minimum absolute atomic E-state index is 0.231. The Hall–Kier alpha value is -2.73. The van der Waals surface area contributed by atoms with E-state index in [1.54, 1.807) is 49.2 Å². The summed E-state index contributed by atoms with van der Waals surface area (Å²) in [7, 11) is 1.72. The van der Waals surface area contributed by atoms with Crippen LogP contribution >= 0.6 is 0 Å². The second-order valence-electron chi connectivity index (χ2n) is 5.67. The van der Waals surface area contributed by atoms with Gasteiger partial charge in [0.1, 0.15) is 11.9 Å². The summed E-state index contributed by atoms with van der Waals surface area (Å²) in [4.78, 5) is 26.1. The van der Waals surface area contributed by atoms with Crippen LogP contribution in [-0.4, -0.2) is 30.4 Å². The van der Waals surface area contributed by atoms with E-state index in [0.29, 0.717) is 12.1 Å². The molecule has 0 spiro atoms. The van der Waals surface area contributed by atoms with Gasteiger partial charge in [0.2, 0.25) is 5.91 Å². The van der Waals surface area contributed by atoms with E-state index in [1.807, 2.05) is 18.2 Å². The molecule has 0 heterocycles. The molecule has 0 aromatic heterocycles. The van der Waals surface area contributed by atoms with Crippen molar-refractivity contribution in [2.45, 2.75) is 19.5 Å². The lowest BCUT2D eigenvalue weighted by atomic mass is 10.0. The molecule has 2 aromatic carbocycles. The van der Waals surface area contributed by atoms with Crippen molar-refractivity contribution in [1.29, 1.82) is 0 Å². The first kappa shape index (κ1) is 18.6. The van der Waals surface area contributed by atoms with Crippen molar-refractivity contribution in [3.05, 3.63) is 71.5 Å². The van der Waals surface area contributed by atoms with Crippen LogP contribution in [0.25, 0.3) is 0 Å². The van der Waals surface area contributed by atoms with Crippen LogP contribution in [0.15, 0.2) is 54.6 Å². The van der Waals surface area contributed by atoms with E-state index in [9.17, 15) is 14.0 Å². The summed E-state index contributed by atoms with van der Waals surface area (Å²) in [6.07, 6.45) is 0. The minimum Gasteiger partial charge on any atom is -0.338 e. The largest absolute Gasteiger partial charge is 0.338 e. The summed E-state index contributed by atoms with van der Waals surface area (Å²) in [6.45, 7) is 2.41. The highest BCUT2D eigenvalue weighted by molar-refractivity contribution is 5.97. The molecule has 0 aliphatic heterocycles. The first-order chi connectivity index (χ1) is 12.0. The van der Waals surface area contributed by atoms with E-state index < -0.39 is 18.0 Å². The molecule has 132 valence electrons. The topological polar surface area (TPSA) is 61.4 Å². The molecule has 0 bridgehead atoms. The van der Waals surface area contributed by atoms with E-state index >= 15 is 0 Å². The zero-order chi connectivity index (χ0) is 18.2. The normalized spacial score (nSPS) is 11.8. The predicted octanol–water partition coefficient (Wildman–Crippen LogP) is 2.84. The Kier molecular flexibility index (Phi) is 6.65. The van der Waals surface area contributed by atoms with Crippen molar-refractivity contribution in [1.82, 2.24) is 15.5 Å². The maximum atomic E-state index is 13.9. The van der Waals surface area contributed by atoms with Gasteiger partial charge in [-0.2, -0.15) is 0 Å². The number of carbonyl (C=O) groups excluding carboxylic acids is 2. The number of nitrogens with zero attached hydrogens (tertiary/aromatic N) is 1. The van der Waals surface area contributed by atoms with E-state index in [0.717, 1.165) is 5.56 Å². The molecule has 2 rings (SSSR count). The van der Waals surface area contributed by atoms with Gasteiger partial charge in [0, 0.05) is 18.7 Å². The molecule has 0 saturated heterocycles. The first-order valence-electron chi connectivity index (χ1n) is 8.10. The summed E-state index contributed by atoms with van der Waals surface area (Å²) in [5.74, 6) is -0.790. The Labute approximate surface area is 146 Å². The Bertz CT molecular complexity index is 722. The smallest absolute Gasteiger partial charge is 0.321 e. The summed E-state index contributed by atoms with van der Waals surface area (Å²) in [6, 6.07) is 14.3. The third-order valence-corrected chi connectivity index (χ3v) is 3.76. The van der Waals surface area contributed by atoms with E-state index in [1.165, 1.54) is 6.07 Å². The van der Waals surface area contributed by atoms with Crippen molar-refractivity contribution in [2.75, 3.05) is 13.6 Å². The second kappa shape index (κ2) is 8.94. The summed E-state index contributed by atoms with van der Waals surface area (Å²) >= 11 is 0. The monoisotopic (exact) mass is 343 g/mol. The minimum atomic E-state index is -0.719. The van der Waals surface area contributed by atoms with Gasteiger partial charge in [0.15, 0.2) is 0 Å². The molecular formula is C19H22FN3O2. The van der Waals surface area contributed by atoms with Gasteiger partial charge in [-0.1, -0.05) is 48.5 Å². The number of nitrogens with one attached hydrogen (secondary N) is 2. The Morgan fingerprint density at radius 2 is 1.72 bits per heavy atom. The summed E-state index contributed by atoms with van der Waals surface area (Å²) in [5, 5.41) is 4.87. The number of benzene rings is 2. The van der Waals surface area contributed by atoms with Gasteiger partial charge in [-0.3, -0.25) is 15.0 Å². The zero-order valence-corrected chi connectivity index (χ0v) is 14.3. The predicted molar refractivity (Wildman–Crippen MR) is 94.3 cm³/mol. The average Bonchev–Trinajstić information content (AvgIpc) is 2.58. The third kappa shape index (κ3) is 5.12. The molecule has 0 aliphatic carbocycles. The van der Waals surface area contributed by atoms with Crippen molar-refractivity contribution >= 4 is 11.9 Å². The molecule has 0 fully saturated rings. The van der Waals surface area contributed by atoms with E-state index in [4.69, 9.17) is 0 Å². The zero-order valence-electron chi connectivity index (χ0n) is 14.3. The standard InChI is InChI=1S/C19H22FN3O2/c1-3-21-19(25)22-18(24)17(14-9-5-4-6-10-14)23(2)13-15-11-7-8-12-16(15)20/h4-12,17H,3,13H2,1-2H3,(H2,21,22,24,25)/t17-/m1/s1. The quantitative estimate of drug-likeness (QED) is 0.848. The van der Waals surface area contributed by atoms with Crippen LogP contribution in [0.4, 0.5) is 9.18 Å². The van der Waals surface area contributed by atoms with Crippen LogP contribution in [0, 0.1) is 5.82 Å². The summed E-state index contributed by atoms with van der Waals surface area (Å²) in [5.41, 5.74) is 1.21. The number of hydrogen-bond acceptors (Lipinski definition) is 3. The van der Waals surface area contributed by atoms with Gasteiger partial charge >= 0.3 is 6.03 Å². The fourth-order valence-electron chi connectivity index (χ4n) is 2.61. The second-order valence-corrected chi connectivity index (χ2v) is 5.67. The van der Waals surface area contributed by atoms with Crippen LogP contribution < -0.4 is 10.6 Å². The maximum absolute atomic E-state index is 13.9. The van der Waals surface area contributed by atoms with E-state index in [-0.39, 0.29) is 12.4 Å². The van der Waals surface area contributed by atoms with E-state index in [2.05, 4.69) is 10.6 Å². The van der Waals surface area contributed by atoms with Crippen LogP contribution in [-0.2, 0) is 11.3 Å². The van der Waals surface area contributed by atoms with Crippen LogP contribution in [0.3, 0.4) is 0 Å². The van der Waals surface area contributed by atoms with Crippen LogP contribution in [0.5, 0.6) is 0 Å². The van der Waals surface area contributed by atoms with Crippen LogP contribution in [0.1, 0.15) is 24.1 Å². The SMILES string of the molecule is CCNC(=O)NC(=O)[C@@H](c1ccccc1)N(C)Cc1ccccc1F. The van der Waals surface area contributed by atoms with Gasteiger partial charge in [0.25, 0.3) is 0 Å². The number of likely N-dealkylation sites (N-methyl/N-ethyl adjacent to an activating group) is 1. The maximum Gasteiger partial charge on any atom is 0.321 e. The highest BCUT2D eigenvalue weighted by atomic mass is 19.1. The molecule has 5 nitrogen and oxygen atoms in total. The first-order valence-corrected chi connectivity index (χ1v) is 8.10. The van der Waals surface area contributed by atoms with Crippen molar-refractivity contribution in [3.63, 3.8) is 0 Å². The number of urea groups is 1. The number of carbonyl (C=O) groups is 2. The molecule has 0 saturated carbocycles. The fourth-order valence-corrected chi connectivity index (χ4v) is 2.61. The lowest BCUT2D eigenvalue weighted by Gasteiger charge is -2.27. The molecule has 2 aromatic rings. The summed E-state index contributed by atoms with van der Waals surface area (Å²) < 4.78 is 13.9.